The monoisotopic (exact) mass is 258 g/mol. The Balaban J connectivity index is 1.59. The van der Waals surface area contributed by atoms with E-state index in [1.807, 2.05) is 11.8 Å². The molecule has 2 fully saturated rings. The van der Waals surface area contributed by atoms with Gasteiger partial charge in [0.05, 0.1) is 13.2 Å². The Labute approximate surface area is 107 Å². The second kappa shape index (κ2) is 7.24. The van der Waals surface area contributed by atoms with Crippen LogP contribution in [0.1, 0.15) is 25.7 Å². The first-order chi connectivity index (χ1) is 8.34. The molecule has 2 saturated heterocycles. The van der Waals surface area contributed by atoms with E-state index in [1.165, 1.54) is 25.0 Å². The molecule has 0 bridgehead atoms. The molecular weight excluding hydrogens is 236 g/mol. The predicted molar refractivity (Wildman–Crippen MR) is 70.3 cm³/mol. The maximum absolute atomic E-state index is 11.7. The minimum atomic E-state index is 0.152. The fraction of sp³-hybridized carbons (Fsp3) is 0.917. The van der Waals surface area contributed by atoms with E-state index in [9.17, 15) is 4.79 Å². The van der Waals surface area contributed by atoms with Gasteiger partial charge in [-0.3, -0.25) is 4.79 Å². The Kier molecular flexibility index (Phi) is 5.61. The van der Waals surface area contributed by atoms with Gasteiger partial charge in [0.25, 0.3) is 0 Å². The van der Waals surface area contributed by atoms with Crippen molar-refractivity contribution in [2.75, 3.05) is 32.1 Å². The van der Waals surface area contributed by atoms with Gasteiger partial charge in [0.2, 0.25) is 5.91 Å². The van der Waals surface area contributed by atoms with Crippen LogP contribution in [-0.2, 0) is 9.53 Å². The first kappa shape index (κ1) is 13.2. The molecule has 0 aromatic rings. The molecule has 0 radical (unpaired) electrons. The average Bonchev–Trinajstić information content (AvgIpc) is 2.39. The molecule has 2 N–H and O–H groups in total. The van der Waals surface area contributed by atoms with Gasteiger partial charge < -0.3 is 15.4 Å². The lowest BCUT2D eigenvalue weighted by atomic mass is 10.1. The Bertz CT molecular complexity index is 239. The van der Waals surface area contributed by atoms with Crippen molar-refractivity contribution in [1.82, 2.24) is 10.6 Å². The Morgan fingerprint density at radius 1 is 1.47 bits per heavy atom. The highest BCUT2D eigenvalue weighted by Gasteiger charge is 2.18. The van der Waals surface area contributed by atoms with Crippen molar-refractivity contribution < 1.29 is 9.53 Å². The highest BCUT2D eigenvalue weighted by Crippen LogP contribution is 2.24. The zero-order valence-corrected chi connectivity index (χ0v) is 11.1. The van der Waals surface area contributed by atoms with Crippen LogP contribution in [0.2, 0.25) is 0 Å². The van der Waals surface area contributed by atoms with E-state index in [0.717, 1.165) is 19.7 Å². The minimum Gasteiger partial charge on any atom is -0.378 e. The van der Waals surface area contributed by atoms with Crippen molar-refractivity contribution in [3.63, 3.8) is 0 Å². The smallest absolute Gasteiger partial charge is 0.221 e. The van der Waals surface area contributed by atoms with Crippen LogP contribution in [0.25, 0.3) is 0 Å². The standard InChI is InChI=1S/C12H22N2O2S/c15-12(7-10-9-16-5-4-13-10)14-8-11-3-1-2-6-17-11/h10-11,13H,1-9H2,(H,14,15). The lowest BCUT2D eigenvalue weighted by molar-refractivity contribution is -0.122. The van der Waals surface area contributed by atoms with Crippen LogP contribution in [0.5, 0.6) is 0 Å². The van der Waals surface area contributed by atoms with Crippen molar-refractivity contribution >= 4 is 17.7 Å². The van der Waals surface area contributed by atoms with E-state index < -0.39 is 0 Å². The van der Waals surface area contributed by atoms with E-state index in [0.29, 0.717) is 18.3 Å². The molecule has 2 unspecified atom stereocenters. The Morgan fingerprint density at radius 3 is 3.12 bits per heavy atom. The molecule has 4 nitrogen and oxygen atoms in total. The number of carbonyl (C=O) groups is 1. The van der Waals surface area contributed by atoms with Gasteiger partial charge in [-0.2, -0.15) is 11.8 Å². The Morgan fingerprint density at radius 2 is 2.41 bits per heavy atom. The summed E-state index contributed by atoms with van der Waals surface area (Å²) in [5.41, 5.74) is 0. The van der Waals surface area contributed by atoms with Crippen LogP contribution in [0, 0.1) is 0 Å². The Hall–Kier alpha value is -0.260. The van der Waals surface area contributed by atoms with E-state index in [1.54, 1.807) is 0 Å². The molecule has 0 aromatic heterocycles. The molecule has 17 heavy (non-hydrogen) atoms. The van der Waals surface area contributed by atoms with Gasteiger partial charge >= 0.3 is 0 Å². The number of carbonyl (C=O) groups excluding carboxylic acids is 1. The van der Waals surface area contributed by atoms with Crippen LogP contribution in [0.15, 0.2) is 0 Å². The molecule has 2 rings (SSSR count). The van der Waals surface area contributed by atoms with Crippen molar-refractivity contribution in [2.45, 2.75) is 37.0 Å². The minimum absolute atomic E-state index is 0.152. The topological polar surface area (TPSA) is 50.4 Å². The number of nitrogens with one attached hydrogen (secondary N) is 2. The number of rotatable bonds is 4. The fourth-order valence-corrected chi connectivity index (χ4v) is 3.48. The summed E-state index contributed by atoms with van der Waals surface area (Å²) in [6, 6.07) is 0.197. The third kappa shape index (κ3) is 4.85. The van der Waals surface area contributed by atoms with Crippen LogP contribution in [0.3, 0.4) is 0 Å². The molecule has 2 aliphatic rings. The highest BCUT2D eigenvalue weighted by atomic mass is 32.2. The maximum atomic E-state index is 11.7. The van der Waals surface area contributed by atoms with E-state index in [-0.39, 0.29) is 11.9 Å². The molecule has 2 atom stereocenters. The largest absolute Gasteiger partial charge is 0.378 e. The van der Waals surface area contributed by atoms with Crippen LogP contribution in [-0.4, -0.2) is 49.3 Å². The molecule has 2 heterocycles. The summed E-state index contributed by atoms with van der Waals surface area (Å²) in [5.74, 6) is 1.40. The fourth-order valence-electron chi connectivity index (χ4n) is 2.24. The summed E-state index contributed by atoms with van der Waals surface area (Å²) >= 11 is 2.00. The molecular formula is C12H22N2O2S. The third-order valence-electron chi connectivity index (χ3n) is 3.23. The molecule has 0 aromatic carbocycles. The van der Waals surface area contributed by atoms with Gasteiger partial charge in [-0.25, -0.2) is 0 Å². The lowest BCUT2D eigenvalue weighted by Gasteiger charge is -2.24. The molecule has 0 spiro atoms. The molecule has 98 valence electrons. The summed E-state index contributed by atoms with van der Waals surface area (Å²) in [5, 5.41) is 6.97. The van der Waals surface area contributed by atoms with Crippen molar-refractivity contribution in [3.8, 4) is 0 Å². The van der Waals surface area contributed by atoms with Gasteiger partial charge in [0.15, 0.2) is 0 Å². The summed E-state index contributed by atoms with van der Waals surface area (Å²) in [6.07, 6.45) is 4.43. The van der Waals surface area contributed by atoms with Crippen molar-refractivity contribution in [1.29, 1.82) is 0 Å². The van der Waals surface area contributed by atoms with Gasteiger partial charge in [-0.1, -0.05) is 6.42 Å². The highest BCUT2D eigenvalue weighted by molar-refractivity contribution is 7.99. The maximum Gasteiger partial charge on any atom is 0.221 e. The SMILES string of the molecule is O=C(CC1COCCN1)NCC1CCCCS1. The van der Waals surface area contributed by atoms with Gasteiger partial charge in [0, 0.05) is 30.8 Å². The second-order valence-electron chi connectivity index (χ2n) is 4.72. The number of amides is 1. The first-order valence-electron chi connectivity index (χ1n) is 6.54. The van der Waals surface area contributed by atoms with Crippen molar-refractivity contribution in [3.05, 3.63) is 0 Å². The van der Waals surface area contributed by atoms with Gasteiger partial charge in [-0.05, 0) is 18.6 Å². The van der Waals surface area contributed by atoms with Crippen LogP contribution >= 0.6 is 11.8 Å². The zero-order valence-electron chi connectivity index (χ0n) is 10.2. The summed E-state index contributed by atoms with van der Waals surface area (Å²) in [4.78, 5) is 11.7. The summed E-state index contributed by atoms with van der Waals surface area (Å²) < 4.78 is 5.33. The van der Waals surface area contributed by atoms with Crippen LogP contribution in [0.4, 0.5) is 0 Å². The number of morpholine rings is 1. The predicted octanol–water partition coefficient (Wildman–Crippen LogP) is 0.767. The molecule has 2 aliphatic heterocycles. The number of hydrogen-bond acceptors (Lipinski definition) is 4. The number of hydrogen-bond donors (Lipinski definition) is 2. The quantitative estimate of drug-likeness (QED) is 0.782. The van der Waals surface area contributed by atoms with Gasteiger partial charge in [-0.15, -0.1) is 0 Å². The van der Waals surface area contributed by atoms with E-state index in [4.69, 9.17) is 4.74 Å². The summed E-state index contributed by atoms with van der Waals surface area (Å²) in [6.45, 7) is 3.11. The molecule has 0 aliphatic carbocycles. The number of thioether (sulfide) groups is 1. The second-order valence-corrected chi connectivity index (χ2v) is 6.13. The van der Waals surface area contributed by atoms with Crippen molar-refractivity contribution in [2.24, 2.45) is 0 Å². The molecule has 1 amide bonds. The van der Waals surface area contributed by atoms with Gasteiger partial charge in [0.1, 0.15) is 0 Å². The number of ether oxygens (including phenoxy) is 1. The molecule has 0 saturated carbocycles. The zero-order chi connectivity index (χ0) is 11.9. The normalized spacial score (nSPS) is 29.9. The first-order valence-corrected chi connectivity index (χ1v) is 7.59. The van der Waals surface area contributed by atoms with Crippen LogP contribution < -0.4 is 10.6 Å². The summed E-state index contributed by atoms with van der Waals surface area (Å²) in [7, 11) is 0. The average molecular weight is 258 g/mol. The van der Waals surface area contributed by atoms with E-state index in [2.05, 4.69) is 10.6 Å². The molecule has 5 heteroatoms. The lowest BCUT2D eigenvalue weighted by Crippen LogP contribution is -2.45. The third-order valence-corrected chi connectivity index (χ3v) is 4.63. The van der Waals surface area contributed by atoms with E-state index >= 15 is 0 Å².